The van der Waals surface area contributed by atoms with Crippen LogP contribution in [0.25, 0.3) is 10.9 Å². The van der Waals surface area contributed by atoms with E-state index < -0.39 is 10.8 Å². The van der Waals surface area contributed by atoms with Gasteiger partial charge in [0, 0.05) is 30.1 Å². The zero-order valence-electron chi connectivity index (χ0n) is 10.0. The highest BCUT2D eigenvalue weighted by Gasteiger charge is 2.17. The Morgan fingerprint density at radius 1 is 1.47 bits per heavy atom. The Hall–Kier alpha value is -2.90. The van der Waals surface area contributed by atoms with Crippen LogP contribution in [0.3, 0.4) is 0 Å². The van der Waals surface area contributed by atoms with Crippen LogP contribution in [-0.4, -0.2) is 33.7 Å². The number of aromatic nitrogens is 1. The number of nitro groups is 1. The molecule has 1 heterocycles. The van der Waals surface area contributed by atoms with Gasteiger partial charge in [-0.15, -0.1) is 0 Å². The summed E-state index contributed by atoms with van der Waals surface area (Å²) in [6.45, 7) is 0. The van der Waals surface area contributed by atoms with Gasteiger partial charge in [-0.3, -0.25) is 25.2 Å². The Labute approximate surface area is 107 Å². The number of hydrogen-bond acceptors (Lipinski definition) is 4. The van der Waals surface area contributed by atoms with Crippen LogP contribution >= 0.6 is 0 Å². The zero-order chi connectivity index (χ0) is 14.2. The minimum absolute atomic E-state index is 0.0505. The molecular formula is C11H11N5O3. The molecule has 8 heteroatoms. The number of aromatic amines is 1. The molecule has 0 aliphatic rings. The average Bonchev–Trinajstić information content (AvgIpc) is 2.79. The maximum absolute atomic E-state index is 11.9. The number of benzene rings is 1. The van der Waals surface area contributed by atoms with E-state index >= 15 is 0 Å². The van der Waals surface area contributed by atoms with E-state index in [0.29, 0.717) is 10.9 Å². The summed E-state index contributed by atoms with van der Waals surface area (Å²) in [7, 11) is 1.37. The standard InChI is InChI=1S/C11H11N5O3/c1-15(11(12)13)10(17)9-5-6-4-7(16(18)19)2-3-8(6)14-9/h2-5,14H,1H3,(H3,12,13). The van der Waals surface area contributed by atoms with Gasteiger partial charge in [-0.05, 0) is 12.1 Å². The number of nitro benzene ring substituents is 1. The van der Waals surface area contributed by atoms with Gasteiger partial charge in [-0.25, -0.2) is 0 Å². The Kier molecular flexibility index (Phi) is 2.91. The second-order valence-electron chi connectivity index (χ2n) is 3.96. The van der Waals surface area contributed by atoms with Crippen LogP contribution in [0.1, 0.15) is 10.5 Å². The van der Waals surface area contributed by atoms with E-state index in [1.54, 1.807) is 0 Å². The first-order valence-corrected chi connectivity index (χ1v) is 5.29. The molecule has 2 rings (SSSR count). The summed E-state index contributed by atoms with van der Waals surface area (Å²) in [4.78, 5) is 25.9. The number of carbonyl (C=O) groups is 1. The molecule has 2 aromatic rings. The molecule has 19 heavy (non-hydrogen) atoms. The molecule has 98 valence electrons. The highest BCUT2D eigenvalue weighted by Crippen LogP contribution is 2.21. The Bertz CT molecular complexity index is 691. The molecule has 0 spiro atoms. The number of carbonyl (C=O) groups excluding carboxylic acids is 1. The van der Waals surface area contributed by atoms with Crippen molar-refractivity contribution in [3.05, 3.63) is 40.1 Å². The second kappa shape index (κ2) is 4.41. The third-order valence-electron chi connectivity index (χ3n) is 2.71. The summed E-state index contributed by atoms with van der Waals surface area (Å²) >= 11 is 0. The van der Waals surface area contributed by atoms with Gasteiger partial charge >= 0.3 is 0 Å². The molecule has 0 radical (unpaired) electrons. The number of guanidine groups is 1. The number of rotatable bonds is 2. The number of fused-ring (bicyclic) bond motifs is 1. The monoisotopic (exact) mass is 261 g/mol. The van der Waals surface area contributed by atoms with E-state index in [1.165, 1.54) is 31.3 Å². The Balaban J connectivity index is 2.44. The van der Waals surface area contributed by atoms with Gasteiger partial charge in [0.05, 0.1) is 4.92 Å². The lowest BCUT2D eigenvalue weighted by Gasteiger charge is -2.12. The molecule has 0 aliphatic heterocycles. The van der Waals surface area contributed by atoms with Crippen molar-refractivity contribution in [2.75, 3.05) is 7.05 Å². The lowest BCUT2D eigenvalue weighted by molar-refractivity contribution is -0.384. The average molecular weight is 261 g/mol. The van der Waals surface area contributed by atoms with Crippen LogP contribution in [0.2, 0.25) is 0 Å². The molecule has 4 N–H and O–H groups in total. The van der Waals surface area contributed by atoms with E-state index in [9.17, 15) is 14.9 Å². The highest BCUT2D eigenvalue weighted by atomic mass is 16.6. The van der Waals surface area contributed by atoms with Gasteiger partial charge in [-0.1, -0.05) is 0 Å². The van der Waals surface area contributed by atoms with Crippen molar-refractivity contribution in [2.24, 2.45) is 5.73 Å². The SMILES string of the molecule is CN(C(=N)N)C(=O)c1cc2cc([N+](=O)[O-])ccc2[nH]1. The number of nitrogens with one attached hydrogen (secondary N) is 2. The fraction of sp³-hybridized carbons (Fsp3) is 0.0909. The van der Waals surface area contributed by atoms with Crippen LogP contribution in [0.4, 0.5) is 5.69 Å². The van der Waals surface area contributed by atoms with Gasteiger partial charge < -0.3 is 10.7 Å². The predicted molar refractivity (Wildman–Crippen MR) is 69.0 cm³/mol. The van der Waals surface area contributed by atoms with Crippen LogP contribution in [0, 0.1) is 15.5 Å². The number of hydrogen-bond donors (Lipinski definition) is 3. The van der Waals surface area contributed by atoms with Gasteiger partial charge in [-0.2, -0.15) is 0 Å². The highest BCUT2D eigenvalue weighted by molar-refractivity contribution is 6.05. The van der Waals surface area contributed by atoms with E-state index in [-0.39, 0.29) is 17.3 Å². The smallest absolute Gasteiger partial charge is 0.276 e. The third kappa shape index (κ3) is 2.23. The van der Waals surface area contributed by atoms with Gasteiger partial charge in [0.15, 0.2) is 5.96 Å². The number of nitrogens with zero attached hydrogens (tertiary/aromatic N) is 2. The molecule has 0 fully saturated rings. The van der Waals surface area contributed by atoms with Crippen molar-refractivity contribution in [2.45, 2.75) is 0 Å². The fourth-order valence-electron chi connectivity index (χ4n) is 1.64. The minimum atomic E-state index is -0.504. The normalized spacial score (nSPS) is 10.4. The third-order valence-corrected chi connectivity index (χ3v) is 2.71. The quantitative estimate of drug-likeness (QED) is 0.323. The zero-order valence-corrected chi connectivity index (χ0v) is 10.0. The maximum Gasteiger partial charge on any atom is 0.276 e. The van der Waals surface area contributed by atoms with Crippen LogP contribution < -0.4 is 5.73 Å². The van der Waals surface area contributed by atoms with Crippen molar-refractivity contribution in [3.63, 3.8) is 0 Å². The minimum Gasteiger partial charge on any atom is -0.370 e. The van der Waals surface area contributed by atoms with Gasteiger partial charge in [0.1, 0.15) is 5.69 Å². The van der Waals surface area contributed by atoms with E-state index in [1.807, 2.05) is 0 Å². The Morgan fingerprint density at radius 3 is 2.74 bits per heavy atom. The summed E-state index contributed by atoms with van der Waals surface area (Å²) in [5.74, 6) is -0.860. The summed E-state index contributed by atoms with van der Waals surface area (Å²) < 4.78 is 0. The number of amides is 1. The molecule has 0 bridgehead atoms. The molecule has 0 saturated heterocycles. The topological polar surface area (TPSA) is 129 Å². The molecule has 8 nitrogen and oxygen atoms in total. The molecule has 0 unspecified atom stereocenters. The van der Waals surface area contributed by atoms with Gasteiger partial charge in [0.2, 0.25) is 0 Å². The molecule has 1 aromatic carbocycles. The molecule has 1 aromatic heterocycles. The first-order valence-electron chi connectivity index (χ1n) is 5.29. The number of non-ortho nitro benzene ring substituents is 1. The van der Waals surface area contributed by atoms with Crippen molar-refractivity contribution in [3.8, 4) is 0 Å². The second-order valence-corrected chi connectivity index (χ2v) is 3.96. The molecule has 1 amide bonds. The van der Waals surface area contributed by atoms with Crippen LogP contribution in [0.5, 0.6) is 0 Å². The fourth-order valence-corrected chi connectivity index (χ4v) is 1.64. The predicted octanol–water partition coefficient (Wildman–Crippen LogP) is 1.04. The summed E-state index contributed by atoms with van der Waals surface area (Å²) in [6, 6.07) is 5.74. The number of H-pyrrole nitrogens is 1. The van der Waals surface area contributed by atoms with Crippen molar-refractivity contribution in [1.82, 2.24) is 9.88 Å². The lowest BCUT2D eigenvalue weighted by Crippen LogP contribution is -2.38. The van der Waals surface area contributed by atoms with Crippen molar-refractivity contribution >= 4 is 28.5 Å². The van der Waals surface area contributed by atoms with Crippen molar-refractivity contribution in [1.29, 1.82) is 5.41 Å². The largest absolute Gasteiger partial charge is 0.370 e. The number of nitrogens with two attached hydrogens (primary N) is 1. The van der Waals surface area contributed by atoms with Crippen LogP contribution in [0.15, 0.2) is 24.3 Å². The first kappa shape index (κ1) is 12.6. The van der Waals surface area contributed by atoms with Crippen molar-refractivity contribution < 1.29 is 9.72 Å². The molecule has 0 aliphatic carbocycles. The maximum atomic E-state index is 11.9. The summed E-state index contributed by atoms with van der Waals surface area (Å²) in [5.41, 5.74) is 5.99. The Morgan fingerprint density at radius 2 is 2.16 bits per heavy atom. The first-order chi connectivity index (χ1) is 8.90. The van der Waals surface area contributed by atoms with Crippen LogP contribution in [-0.2, 0) is 0 Å². The van der Waals surface area contributed by atoms with E-state index in [2.05, 4.69) is 4.98 Å². The molecule has 0 atom stereocenters. The lowest BCUT2D eigenvalue weighted by atomic mass is 10.2. The summed E-state index contributed by atoms with van der Waals surface area (Å²) in [6.07, 6.45) is 0. The molecule has 0 saturated carbocycles. The van der Waals surface area contributed by atoms with E-state index in [4.69, 9.17) is 11.1 Å². The van der Waals surface area contributed by atoms with E-state index in [0.717, 1.165) is 4.90 Å². The molecular weight excluding hydrogens is 250 g/mol. The summed E-state index contributed by atoms with van der Waals surface area (Å²) in [5, 5.41) is 18.4. The van der Waals surface area contributed by atoms with Gasteiger partial charge in [0.25, 0.3) is 11.6 Å².